The fourth-order valence-corrected chi connectivity index (χ4v) is 2.29. The average molecular weight is 490 g/mol. The largest absolute Gasteiger partial charge is 0.469 e. The summed E-state index contributed by atoms with van der Waals surface area (Å²) in [5.74, 6) is 2.80. The maximum atomic E-state index is 5.36. The van der Waals surface area contributed by atoms with E-state index in [-0.39, 0.29) is 24.0 Å². The van der Waals surface area contributed by atoms with E-state index in [1.54, 1.807) is 6.26 Å². The molecule has 0 aromatic carbocycles. The zero-order valence-corrected chi connectivity index (χ0v) is 18.7. The fourth-order valence-electron chi connectivity index (χ4n) is 2.29. The number of hydrogen-bond acceptors (Lipinski definition) is 5. The lowest BCUT2D eigenvalue weighted by Gasteiger charge is -2.12. The van der Waals surface area contributed by atoms with Crippen molar-refractivity contribution in [3.8, 4) is 0 Å². The Bertz CT molecular complexity index is 641. The summed E-state index contributed by atoms with van der Waals surface area (Å²) >= 11 is 0. The van der Waals surface area contributed by atoms with Crippen LogP contribution in [0.15, 0.2) is 38.4 Å². The van der Waals surface area contributed by atoms with Gasteiger partial charge in [-0.05, 0) is 31.4 Å². The number of aromatic nitrogens is 1. The summed E-state index contributed by atoms with van der Waals surface area (Å²) in [7, 11) is 0. The van der Waals surface area contributed by atoms with Crippen LogP contribution in [0.4, 0.5) is 0 Å². The highest BCUT2D eigenvalue weighted by Gasteiger charge is 2.07. The molecule has 0 fully saturated rings. The molecule has 0 unspecified atom stereocenters. The van der Waals surface area contributed by atoms with Gasteiger partial charge in [0.2, 0.25) is 0 Å². The van der Waals surface area contributed by atoms with E-state index in [0.29, 0.717) is 12.5 Å². The SMILES string of the molecule is CCOCCCNC(=NCc1cc(C(C)C)no1)NCCc1ccco1.I. The van der Waals surface area contributed by atoms with Crippen molar-refractivity contribution in [3.63, 3.8) is 0 Å². The maximum Gasteiger partial charge on any atom is 0.191 e. The standard InChI is InChI=1S/C19H30N4O3.HI/c1-4-24-11-6-9-20-19(21-10-8-16-7-5-12-25-16)22-14-17-13-18(15(2)3)23-26-17;/h5,7,12-13,15H,4,6,8-11,14H2,1-3H3,(H2,20,21,22);1H. The van der Waals surface area contributed by atoms with Gasteiger partial charge in [0.05, 0.1) is 12.0 Å². The Morgan fingerprint density at radius 1 is 1.26 bits per heavy atom. The van der Waals surface area contributed by atoms with Crippen molar-refractivity contribution in [1.29, 1.82) is 0 Å². The van der Waals surface area contributed by atoms with E-state index in [2.05, 4.69) is 34.6 Å². The number of ether oxygens (including phenoxy) is 1. The molecule has 2 rings (SSSR count). The molecule has 0 aliphatic carbocycles. The van der Waals surface area contributed by atoms with E-state index in [9.17, 15) is 0 Å². The first-order chi connectivity index (χ1) is 12.7. The van der Waals surface area contributed by atoms with Gasteiger partial charge in [-0.15, -0.1) is 24.0 Å². The molecule has 0 saturated carbocycles. The molecule has 0 aliphatic heterocycles. The van der Waals surface area contributed by atoms with E-state index in [1.807, 2.05) is 25.1 Å². The first kappa shape index (κ1) is 23.5. The van der Waals surface area contributed by atoms with Crippen LogP contribution in [-0.4, -0.2) is 37.4 Å². The number of guanidine groups is 1. The van der Waals surface area contributed by atoms with Gasteiger partial charge in [-0.1, -0.05) is 19.0 Å². The van der Waals surface area contributed by atoms with Crippen LogP contribution in [0, 0.1) is 0 Å². The molecule has 0 amide bonds. The molecule has 8 heteroatoms. The van der Waals surface area contributed by atoms with E-state index in [4.69, 9.17) is 13.7 Å². The second-order valence-electron chi connectivity index (χ2n) is 6.27. The van der Waals surface area contributed by atoms with Crippen LogP contribution in [0.1, 0.15) is 50.3 Å². The minimum absolute atomic E-state index is 0. The normalized spacial score (nSPS) is 11.5. The Morgan fingerprint density at radius 3 is 2.74 bits per heavy atom. The fraction of sp³-hybridized carbons (Fsp3) is 0.579. The van der Waals surface area contributed by atoms with Gasteiger partial charge in [-0.2, -0.15) is 0 Å². The minimum atomic E-state index is 0. The number of furan rings is 1. The molecule has 2 aromatic heterocycles. The van der Waals surface area contributed by atoms with Crippen molar-refractivity contribution in [2.24, 2.45) is 4.99 Å². The molecule has 2 aromatic rings. The quantitative estimate of drug-likeness (QED) is 0.216. The first-order valence-electron chi connectivity index (χ1n) is 9.26. The zero-order valence-electron chi connectivity index (χ0n) is 16.4. The third-order valence-corrected chi connectivity index (χ3v) is 3.77. The summed E-state index contributed by atoms with van der Waals surface area (Å²) in [6.45, 7) is 9.63. The summed E-state index contributed by atoms with van der Waals surface area (Å²) in [6, 6.07) is 5.83. The Morgan fingerprint density at radius 2 is 2.07 bits per heavy atom. The van der Waals surface area contributed by atoms with Gasteiger partial charge >= 0.3 is 0 Å². The summed E-state index contributed by atoms with van der Waals surface area (Å²) in [4.78, 5) is 4.59. The van der Waals surface area contributed by atoms with Crippen LogP contribution in [0.25, 0.3) is 0 Å². The Balaban J connectivity index is 0.00000364. The minimum Gasteiger partial charge on any atom is -0.469 e. The van der Waals surface area contributed by atoms with Crippen molar-refractivity contribution in [2.45, 2.75) is 46.1 Å². The molecule has 152 valence electrons. The van der Waals surface area contributed by atoms with Crippen molar-refractivity contribution in [1.82, 2.24) is 15.8 Å². The maximum absolute atomic E-state index is 5.36. The highest BCUT2D eigenvalue weighted by Crippen LogP contribution is 2.14. The van der Waals surface area contributed by atoms with Crippen LogP contribution >= 0.6 is 24.0 Å². The molecule has 27 heavy (non-hydrogen) atoms. The molecule has 0 radical (unpaired) electrons. The van der Waals surface area contributed by atoms with Gasteiger partial charge < -0.3 is 24.3 Å². The highest BCUT2D eigenvalue weighted by molar-refractivity contribution is 14.0. The van der Waals surface area contributed by atoms with Gasteiger partial charge in [0.15, 0.2) is 11.7 Å². The van der Waals surface area contributed by atoms with Crippen LogP contribution in [0.5, 0.6) is 0 Å². The van der Waals surface area contributed by atoms with Crippen LogP contribution in [0.2, 0.25) is 0 Å². The second kappa shape index (κ2) is 13.6. The average Bonchev–Trinajstić information content (AvgIpc) is 3.30. The van der Waals surface area contributed by atoms with E-state index < -0.39 is 0 Å². The molecule has 7 nitrogen and oxygen atoms in total. The molecule has 0 spiro atoms. The number of aliphatic imine (C=N–C) groups is 1. The molecule has 0 atom stereocenters. The number of rotatable bonds is 11. The predicted molar refractivity (Wildman–Crippen MR) is 117 cm³/mol. The van der Waals surface area contributed by atoms with Gasteiger partial charge in [-0.25, -0.2) is 4.99 Å². The lowest BCUT2D eigenvalue weighted by molar-refractivity contribution is 0.145. The molecular weight excluding hydrogens is 459 g/mol. The van der Waals surface area contributed by atoms with Gasteiger partial charge in [0.25, 0.3) is 0 Å². The second-order valence-corrected chi connectivity index (χ2v) is 6.27. The topological polar surface area (TPSA) is 84.8 Å². The highest BCUT2D eigenvalue weighted by atomic mass is 127. The van der Waals surface area contributed by atoms with Crippen LogP contribution < -0.4 is 10.6 Å². The first-order valence-corrected chi connectivity index (χ1v) is 9.26. The van der Waals surface area contributed by atoms with E-state index in [1.165, 1.54) is 0 Å². The third kappa shape index (κ3) is 9.28. The van der Waals surface area contributed by atoms with Gasteiger partial charge in [0.1, 0.15) is 12.3 Å². The summed E-state index contributed by atoms with van der Waals surface area (Å²) in [5, 5.41) is 10.7. The summed E-state index contributed by atoms with van der Waals surface area (Å²) in [6.07, 6.45) is 3.41. The molecular formula is C19H31IN4O3. The van der Waals surface area contributed by atoms with Gasteiger partial charge in [0, 0.05) is 38.8 Å². The number of nitrogens with zero attached hydrogens (tertiary/aromatic N) is 2. The Kier molecular flexibility index (Phi) is 11.8. The van der Waals surface area contributed by atoms with Gasteiger partial charge in [-0.3, -0.25) is 0 Å². The molecule has 2 heterocycles. The smallest absolute Gasteiger partial charge is 0.191 e. The summed E-state index contributed by atoms with van der Waals surface area (Å²) < 4.78 is 16.1. The van der Waals surface area contributed by atoms with Crippen LogP contribution in [0.3, 0.4) is 0 Å². The van der Waals surface area contributed by atoms with Crippen molar-refractivity contribution < 1.29 is 13.7 Å². The van der Waals surface area contributed by atoms with Crippen molar-refractivity contribution in [3.05, 3.63) is 41.7 Å². The summed E-state index contributed by atoms with van der Waals surface area (Å²) in [5.41, 5.74) is 0.951. The molecule has 0 saturated heterocycles. The Hall–Kier alpha value is -1.55. The Labute approximate surface area is 178 Å². The number of halogens is 1. The molecule has 2 N–H and O–H groups in total. The number of hydrogen-bond donors (Lipinski definition) is 2. The lowest BCUT2D eigenvalue weighted by atomic mass is 10.1. The predicted octanol–water partition coefficient (Wildman–Crippen LogP) is 3.71. The van der Waals surface area contributed by atoms with Crippen LogP contribution in [-0.2, 0) is 17.7 Å². The monoisotopic (exact) mass is 490 g/mol. The van der Waals surface area contributed by atoms with Crippen molar-refractivity contribution >= 4 is 29.9 Å². The number of nitrogens with one attached hydrogen (secondary N) is 2. The third-order valence-electron chi connectivity index (χ3n) is 3.77. The molecule has 0 aliphatic rings. The molecule has 0 bridgehead atoms. The van der Waals surface area contributed by atoms with E-state index in [0.717, 1.165) is 62.3 Å². The lowest BCUT2D eigenvalue weighted by Crippen LogP contribution is -2.39. The van der Waals surface area contributed by atoms with E-state index >= 15 is 0 Å². The van der Waals surface area contributed by atoms with Crippen molar-refractivity contribution in [2.75, 3.05) is 26.3 Å². The zero-order chi connectivity index (χ0) is 18.6.